The first-order valence-electron chi connectivity index (χ1n) is 5.56. The number of carbonyl (C=O) groups excluding carboxylic acids is 1. The van der Waals surface area contributed by atoms with Crippen LogP contribution in [0.1, 0.15) is 19.8 Å². The van der Waals surface area contributed by atoms with Gasteiger partial charge in [0.15, 0.2) is 0 Å². The van der Waals surface area contributed by atoms with Crippen LogP contribution in [-0.4, -0.2) is 19.1 Å². The van der Waals surface area contributed by atoms with E-state index in [4.69, 9.17) is 16.3 Å². The Morgan fingerprint density at radius 2 is 2.22 bits per heavy atom. The van der Waals surface area contributed by atoms with Crippen LogP contribution >= 0.6 is 27.5 Å². The van der Waals surface area contributed by atoms with Crippen LogP contribution in [0.2, 0.25) is 5.02 Å². The molecule has 0 unspecified atom stereocenters. The number of rotatable bonds is 6. The lowest BCUT2D eigenvalue weighted by Crippen LogP contribution is -2.15. The van der Waals surface area contributed by atoms with Crippen LogP contribution in [0.25, 0.3) is 0 Å². The number of halogens is 3. The molecule has 100 valence electrons. The number of nitrogens with one attached hydrogen (secondary N) is 1. The molecule has 1 rings (SSSR count). The molecule has 0 atom stereocenters. The zero-order valence-corrected chi connectivity index (χ0v) is 12.3. The lowest BCUT2D eigenvalue weighted by atomic mass is 10.3. The lowest BCUT2D eigenvalue weighted by Gasteiger charge is -2.09. The summed E-state index contributed by atoms with van der Waals surface area (Å²) in [4.78, 5) is 11.6. The highest BCUT2D eigenvalue weighted by molar-refractivity contribution is 9.10. The minimum atomic E-state index is -0.462. The minimum Gasteiger partial charge on any atom is -0.381 e. The Hall–Kier alpha value is -0.650. The van der Waals surface area contributed by atoms with E-state index in [1.807, 2.05) is 6.92 Å². The molecule has 0 saturated heterocycles. The molecule has 0 aliphatic rings. The van der Waals surface area contributed by atoms with Crippen LogP contribution in [-0.2, 0) is 9.53 Å². The monoisotopic (exact) mass is 337 g/mol. The third-order valence-corrected chi connectivity index (χ3v) is 3.02. The average molecular weight is 339 g/mol. The Bertz CT molecular complexity index is 406. The molecule has 0 aliphatic carbocycles. The van der Waals surface area contributed by atoms with E-state index >= 15 is 0 Å². The number of ether oxygens (including phenoxy) is 1. The third kappa shape index (κ3) is 4.92. The number of hydrogen-bond acceptors (Lipinski definition) is 2. The van der Waals surface area contributed by atoms with E-state index < -0.39 is 5.82 Å². The van der Waals surface area contributed by atoms with E-state index in [1.165, 1.54) is 6.07 Å². The lowest BCUT2D eigenvalue weighted by molar-refractivity contribution is -0.117. The molecule has 18 heavy (non-hydrogen) atoms. The number of anilines is 1. The predicted octanol–water partition coefficient (Wildman–Crippen LogP) is 4.00. The summed E-state index contributed by atoms with van der Waals surface area (Å²) in [5, 5.41) is 2.78. The fraction of sp³-hybridized carbons (Fsp3) is 0.417. The van der Waals surface area contributed by atoms with E-state index in [0.29, 0.717) is 23.4 Å². The maximum absolute atomic E-state index is 13.0. The zero-order valence-electron chi connectivity index (χ0n) is 9.93. The molecule has 0 bridgehead atoms. The minimum absolute atomic E-state index is 0.157. The standard InChI is InChI=1S/C12H14BrClFNO2/c1-2-4-18-5-3-11(17)16-12-9(13)6-8(15)7-10(12)14/h6-7H,2-5H2,1H3,(H,16,17). The van der Waals surface area contributed by atoms with Gasteiger partial charge in [-0.15, -0.1) is 0 Å². The molecule has 1 aromatic carbocycles. The first-order valence-corrected chi connectivity index (χ1v) is 6.73. The van der Waals surface area contributed by atoms with Crippen molar-refractivity contribution in [3.8, 4) is 0 Å². The molecule has 0 spiro atoms. The van der Waals surface area contributed by atoms with Crippen molar-refractivity contribution in [2.75, 3.05) is 18.5 Å². The Labute approximate surface area is 119 Å². The molecule has 0 aliphatic heterocycles. The molecular weight excluding hydrogens is 324 g/mol. The van der Waals surface area contributed by atoms with E-state index in [2.05, 4.69) is 21.2 Å². The molecule has 3 nitrogen and oxygen atoms in total. The summed E-state index contributed by atoms with van der Waals surface area (Å²) in [6.07, 6.45) is 1.15. The number of benzene rings is 1. The summed E-state index contributed by atoms with van der Waals surface area (Å²) in [5.41, 5.74) is 0.374. The highest BCUT2D eigenvalue weighted by Gasteiger charge is 2.11. The number of amides is 1. The van der Waals surface area contributed by atoms with Gasteiger partial charge in [-0.3, -0.25) is 4.79 Å². The second kappa shape index (κ2) is 7.71. The van der Waals surface area contributed by atoms with E-state index in [1.54, 1.807) is 0 Å². The van der Waals surface area contributed by atoms with Crippen LogP contribution < -0.4 is 5.32 Å². The van der Waals surface area contributed by atoms with Gasteiger partial charge < -0.3 is 10.1 Å². The Kier molecular flexibility index (Phi) is 6.60. The van der Waals surface area contributed by atoms with Crippen molar-refractivity contribution in [3.05, 3.63) is 27.4 Å². The molecule has 0 heterocycles. The van der Waals surface area contributed by atoms with Crippen LogP contribution in [0.15, 0.2) is 16.6 Å². The largest absolute Gasteiger partial charge is 0.381 e. The molecule has 1 aromatic rings. The predicted molar refractivity (Wildman–Crippen MR) is 73.5 cm³/mol. The quantitative estimate of drug-likeness (QED) is 0.796. The van der Waals surface area contributed by atoms with E-state index in [0.717, 1.165) is 12.5 Å². The summed E-state index contributed by atoms with van der Waals surface area (Å²) >= 11 is 9.00. The molecule has 0 saturated carbocycles. The van der Waals surface area contributed by atoms with Gasteiger partial charge in [0.1, 0.15) is 5.82 Å². The van der Waals surface area contributed by atoms with Crippen molar-refractivity contribution in [2.45, 2.75) is 19.8 Å². The molecule has 0 fully saturated rings. The maximum atomic E-state index is 13.0. The highest BCUT2D eigenvalue weighted by Crippen LogP contribution is 2.31. The van der Waals surface area contributed by atoms with Gasteiger partial charge in [-0.25, -0.2) is 4.39 Å². The highest BCUT2D eigenvalue weighted by atomic mass is 79.9. The van der Waals surface area contributed by atoms with Crippen LogP contribution in [0.3, 0.4) is 0 Å². The van der Waals surface area contributed by atoms with Gasteiger partial charge in [0.2, 0.25) is 5.91 Å². The summed E-state index contributed by atoms with van der Waals surface area (Å²) in [7, 11) is 0. The number of carbonyl (C=O) groups is 1. The first kappa shape index (κ1) is 15.4. The van der Waals surface area contributed by atoms with Gasteiger partial charge in [0, 0.05) is 11.1 Å². The summed E-state index contributed by atoms with van der Waals surface area (Å²) in [6.45, 7) is 2.99. The van der Waals surface area contributed by atoms with Crippen LogP contribution in [0.4, 0.5) is 10.1 Å². The maximum Gasteiger partial charge on any atom is 0.226 e. The van der Waals surface area contributed by atoms with Gasteiger partial charge in [-0.05, 0) is 34.5 Å². The topological polar surface area (TPSA) is 38.3 Å². The number of hydrogen-bond donors (Lipinski definition) is 1. The van der Waals surface area contributed by atoms with Gasteiger partial charge in [0.25, 0.3) is 0 Å². The Balaban J connectivity index is 2.54. The molecule has 1 amide bonds. The second-order valence-corrected chi connectivity index (χ2v) is 4.92. The fourth-order valence-corrected chi connectivity index (χ4v) is 2.17. The van der Waals surface area contributed by atoms with Crippen molar-refractivity contribution in [1.82, 2.24) is 0 Å². The smallest absolute Gasteiger partial charge is 0.226 e. The second-order valence-electron chi connectivity index (χ2n) is 3.65. The third-order valence-electron chi connectivity index (χ3n) is 2.09. The Morgan fingerprint density at radius 1 is 1.50 bits per heavy atom. The summed E-state index contributed by atoms with van der Waals surface area (Å²) < 4.78 is 18.6. The average Bonchev–Trinajstić information content (AvgIpc) is 2.29. The molecular formula is C12H14BrClFNO2. The Morgan fingerprint density at radius 3 is 2.83 bits per heavy atom. The van der Waals surface area contributed by atoms with Gasteiger partial charge >= 0.3 is 0 Å². The molecule has 6 heteroatoms. The fourth-order valence-electron chi connectivity index (χ4n) is 1.27. The van der Waals surface area contributed by atoms with E-state index in [-0.39, 0.29) is 17.4 Å². The molecule has 0 radical (unpaired) electrons. The van der Waals surface area contributed by atoms with Gasteiger partial charge in [-0.1, -0.05) is 18.5 Å². The van der Waals surface area contributed by atoms with Gasteiger partial charge in [0.05, 0.1) is 23.7 Å². The van der Waals surface area contributed by atoms with Crippen LogP contribution in [0, 0.1) is 5.82 Å². The normalized spacial score (nSPS) is 10.4. The van der Waals surface area contributed by atoms with E-state index in [9.17, 15) is 9.18 Å². The SMILES string of the molecule is CCCOCCC(=O)Nc1c(Cl)cc(F)cc1Br. The van der Waals surface area contributed by atoms with Crippen LogP contribution in [0.5, 0.6) is 0 Å². The van der Waals surface area contributed by atoms with Crippen molar-refractivity contribution in [3.63, 3.8) is 0 Å². The first-order chi connectivity index (χ1) is 8.54. The van der Waals surface area contributed by atoms with Crippen molar-refractivity contribution in [1.29, 1.82) is 0 Å². The zero-order chi connectivity index (χ0) is 13.5. The molecule has 1 N–H and O–H groups in total. The summed E-state index contributed by atoms with van der Waals surface area (Å²) in [5.74, 6) is -0.684. The van der Waals surface area contributed by atoms with Crippen molar-refractivity contribution >= 4 is 39.1 Å². The summed E-state index contributed by atoms with van der Waals surface area (Å²) in [6, 6.07) is 2.39. The molecule has 0 aromatic heterocycles. The van der Waals surface area contributed by atoms with Crippen molar-refractivity contribution in [2.24, 2.45) is 0 Å². The van der Waals surface area contributed by atoms with Crippen molar-refractivity contribution < 1.29 is 13.9 Å². The van der Waals surface area contributed by atoms with Gasteiger partial charge in [-0.2, -0.15) is 0 Å².